The molecule has 0 heterocycles. The predicted octanol–water partition coefficient (Wildman–Crippen LogP) is 32.2. The van der Waals surface area contributed by atoms with Crippen LogP contribution >= 0.6 is 0 Å². The molecule has 0 aromatic heterocycles. The van der Waals surface area contributed by atoms with Crippen LogP contribution < -0.4 is 0 Å². The minimum absolute atomic E-state index is 0.0203. The molecule has 2 heteroatoms. The first-order chi connectivity index (χ1) is 46.9. The monoisotopic (exact) mass is 1390 g/mol. The summed E-state index contributed by atoms with van der Waals surface area (Å²) in [5.41, 5.74) is 7.03. The first-order valence-electron chi connectivity index (χ1n) is 45.6. The molecule has 0 spiro atoms. The molecule has 6 saturated carbocycles. The van der Waals surface area contributed by atoms with Gasteiger partial charge in [-0.15, -0.1) is 0 Å². The Hall–Kier alpha value is -0.600. The molecule has 0 N–H and O–H groups in total. The summed E-state index contributed by atoms with van der Waals surface area (Å²) in [5.74, 6) is 13.0. The van der Waals surface area contributed by atoms with Crippen LogP contribution in [0.5, 0.6) is 0 Å². The molecule has 8 rings (SSSR count). The van der Waals surface area contributed by atoms with Crippen molar-refractivity contribution < 1.29 is 9.47 Å². The van der Waals surface area contributed by atoms with E-state index in [-0.39, 0.29) is 5.60 Å². The Morgan fingerprint density at radius 3 is 1.14 bits per heavy atom. The van der Waals surface area contributed by atoms with E-state index >= 15 is 0 Å². The second-order valence-electron chi connectivity index (χ2n) is 43.2. The van der Waals surface area contributed by atoms with Gasteiger partial charge in [0, 0.05) is 6.61 Å². The van der Waals surface area contributed by atoms with Gasteiger partial charge in [-0.3, -0.25) is 0 Å². The Bertz CT molecular complexity index is 2270. The van der Waals surface area contributed by atoms with E-state index in [2.05, 4.69) is 192 Å². The van der Waals surface area contributed by atoms with E-state index in [0.717, 1.165) is 89.5 Å². The molecular weight excluding hydrogens is 1210 g/mol. The van der Waals surface area contributed by atoms with Gasteiger partial charge in [0.1, 0.15) is 0 Å². The summed E-state index contributed by atoms with van der Waals surface area (Å²) in [4.78, 5) is 0. The highest BCUT2D eigenvalue weighted by Gasteiger charge is 2.61. The third-order valence-corrected chi connectivity index (χ3v) is 30.3. The van der Waals surface area contributed by atoms with Crippen LogP contribution in [0.25, 0.3) is 0 Å². The second-order valence-corrected chi connectivity index (χ2v) is 43.2. The van der Waals surface area contributed by atoms with E-state index in [1.165, 1.54) is 276 Å². The van der Waals surface area contributed by atoms with Gasteiger partial charge in [0.2, 0.25) is 0 Å². The first kappa shape index (κ1) is 90.0. The van der Waals surface area contributed by atoms with Gasteiger partial charge in [-0.25, -0.2) is 0 Å². The molecule has 0 aliphatic heterocycles. The quantitative estimate of drug-likeness (QED) is 0.0472. The Balaban J connectivity index is 0.000000253. The number of hydrogen-bond donors (Lipinski definition) is 0. The van der Waals surface area contributed by atoms with E-state index in [9.17, 15) is 0 Å². The number of fused-ring (bicyclic) bond motifs is 10. The van der Waals surface area contributed by atoms with Crippen LogP contribution in [-0.4, -0.2) is 24.4 Å². The van der Waals surface area contributed by atoms with Crippen molar-refractivity contribution in [3.63, 3.8) is 0 Å². The van der Waals surface area contributed by atoms with Crippen LogP contribution in [0.4, 0.5) is 0 Å². The lowest BCUT2D eigenvalue weighted by atomic mass is 9.47. The van der Waals surface area contributed by atoms with E-state index in [1.807, 2.05) is 0 Å². The standard InChI is InChI=1S/C33H58O.C31H54O.C19H40.C15H32/c1-23(2)10-9-11-24(3)28-14-15-29-27-13-12-25-22-26(34-21-20-31(4,5)6)16-18-32(25,7)30(27)17-19-33(28,29)8;1-21(2)10-9-11-22(3)26-14-15-27-25-13-12-23-20-24(32-29(4,5)6)16-18-30(23,7)28(25)17-19-31(26,27)8;1-6-8-10-12-13-15-17-18(19(3,4)5)16-14-11-9-7-2;1-6-8-10-11-13-14(12-9-7-2)15(3,4)5/h12,23-24,26-30H,9-11,13-22H2,1-8H3;12,21-22,24-28H,9-11,13-20H2,1-8H3;18H,6-17H2,1-5H3;14H,6-13H2,1-5H3/t24-,26+,27+,28-,29+,30+,32+,33-;22-,24+,25+,26-,27+,28+,30+,31-;;/m11../s1. The summed E-state index contributed by atoms with van der Waals surface area (Å²) >= 11 is 0. The maximum atomic E-state index is 6.44. The molecule has 0 aromatic rings. The average Bonchev–Trinajstić information content (AvgIpc) is 1.46. The Morgan fingerprint density at radius 2 is 0.760 bits per heavy atom. The lowest BCUT2D eigenvalue weighted by Crippen LogP contribution is -2.51. The zero-order valence-electron chi connectivity index (χ0n) is 73.3. The highest BCUT2D eigenvalue weighted by Crippen LogP contribution is 2.69. The van der Waals surface area contributed by atoms with Crippen molar-refractivity contribution >= 4 is 0 Å². The van der Waals surface area contributed by atoms with E-state index < -0.39 is 0 Å². The van der Waals surface area contributed by atoms with E-state index in [1.54, 1.807) is 11.1 Å². The van der Waals surface area contributed by atoms with Crippen molar-refractivity contribution in [2.45, 2.75) is 474 Å². The highest BCUT2D eigenvalue weighted by molar-refractivity contribution is 5.27. The van der Waals surface area contributed by atoms with Gasteiger partial charge in [0.15, 0.2) is 0 Å². The molecule has 0 aromatic carbocycles. The fourth-order valence-corrected chi connectivity index (χ4v) is 23.9. The summed E-state index contributed by atoms with van der Waals surface area (Å²) < 4.78 is 12.9. The first-order valence-corrected chi connectivity index (χ1v) is 45.6. The maximum absolute atomic E-state index is 6.44. The van der Waals surface area contributed by atoms with Crippen molar-refractivity contribution in [3.05, 3.63) is 23.3 Å². The van der Waals surface area contributed by atoms with Crippen molar-refractivity contribution in [1.82, 2.24) is 0 Å². The van der Waals surface area contributed by atoms with Gasteiger partial charge in [-0.1, -0.05) is 324 Å². The molecule has 6 fully saturated rings. The molecule has 8 aliphatic carbocycles. The normalized spacial score (nSPS) is 32.4. The molecular formula is C98H184O2. The molecule has 0 saturated heterocycles. The number of allylic oxidation sites excluding steroid dienone is 2. The van der Waals surface area contributed by atoms with Gasteiger partial charge in [0.25, 0.3) is 0 Å². The zero-order chi connectivity index (χ0) is 74.3. The summed E-state index contributed by atoms with van der Waals surface area (Å²) in [6, 6.07) is 0. The maximum Gasteiger partial charge on any atom is 0.0619 e. The average molecular weight is 1390 g/mol. The molecule has 8 aliphatic rings. The number of rotatable bonds is 34. The van der Waals surface area contributed by atoms with E-state index in [0.29, 0.717) is 50.1 Å². The SMILES string of the molecule is CC(C)CCC[C@@H](C)[C@H]1CC[C@H]2[C@@H]3CC=C4C[C@@H](OC(C)(C)C)CC[C@]4(C)[C@H]3CC[C@]12C.CC(C)CCC[C@@H](C)[C@H]1CC[C@H]2[C@@H]3CC=C4C[C@@H](OCCC(C)(C)C)CC[C@]4(C)[C@H]3CC[C@]12C.CCCCCCC(CCCC)C(C)(C)C.CCCCCCCCC(CCCCCC)C(C)(C)C. The summed E-state index contributed by atoms with van der Waals surface area (Å²) in [6.45, 7) is 63.8. The summed E-state index contributed by atoms with van der Waals surface area (Å²) in [7, 11) is 0. The number of hydrogen-bond acceptors (Lipinski definition) is 2. The predicted molar refractivity (Wildman–Crippen MR) is 445 cm³/mol. The van der Waals surface area contributed by atoms with Crippen LogP contribution in [0.3, 0.4) is 0 Å². The smallest absolute Gasteiger partial charge is 0.0619 e. The minimum atomic E-state index is -0.0203. The summed E-state index contributed by atoms with van der Waals surface area (Å²) in [6.07, 6.45) is 66.9. The zero-order valence-corrected chi connectivity index (χ0v) is 73.3. The highest BCUT2D eigenvalue weighted by atomic mass is 16.5. The van der Waals surface area contributed by atoms with Crippen LogP contribution in [0.2, 0.25) is 0 Å². The largest absolute Gasteiger partial charge is 0.378 e. The fraction of sp³-hybridized carbons (Fsp3) is 0.959. The number of ether oxygens (including phenoxy) is 2. The minimum Gasteiger partial charge on any atom is -0.378 e. The van der Waals surface area contributed by atoms with Crippen molar-refractivity contribution in [3.8, 4) is 0 Å². The van der Waals surface area contributed by atoms with Gasteiger partial charge >= 0.3 is 0 Å². The van der Waals surface area contributed by atoms with Crippen molar-refractivity contribution in [1.29, 1.82) is 0 Å². The molecule has 2 unspecified atom stereocenters. The van der Waals surface area contributed by atoms with Crippen molar-refractivity contribution in [2.75, 3.05) is 6.61 Å². The Morgan fingerprint density at radius 1 is 0.390 bits per heavy atom. The van der Waals surface area contributed by atoms with Gasteiger partial charge in [0.05, 0.1) is 17.8 Å². The topological polar surface area (TPSA) is 18.5 Å². The van der Waals surface area contributed by atoms with Crippen LogP contribution in [-0.2, 0) is 9.47 Å². The third-order valence-electron chi connectivity index (χ3n) is 30.3. The molecule has 2 nitrogen and oxygen atoms in total. The van der Waals surface area contributed by atoms with E-state index in [4.69, 9.17) is 9.47 Å². The lowest BCUT2D eigenvalue weighted by molar-refractivity contribution is -0.0955. The van der Waals surface area contributed by atoms with Crippen LogP contribution in [0.1, 0.15) is 456 Å². The van der Waals surface area contributed by atoms with Gasteiger partial charge < -0.3 is 9.47 Å². The lowest BCUT2D eigenvalue weighted by Gasteiger charge is -2.58. The molecule has 18 atom stereocenters. The molecule has 100 heavy (non-hydrogen) atoms. The summed E-state index contributed by atoms with van der Waals surface area (Å²) in [5, 5.41) is 0. The van der Waals surface area contributed by atoms with Gasteiger partial charge in [-0.05, 0) is 276 Å². The van der Waals surface area contributed by atoms with Crippen LogP contribution in [0.15, 0.2) is 23.3 Å². The molecule has 0 bridgehead atoms. The van der Waals surface area contributed by atoms with Gasteiger partial charge in [-0.2, -0.15) is 0 Å². The molecule has 0 radical (unpaired) electrons. The molecule has 0 amide bonds. The third kappa shape index (κ3) is 26.9. The Kier molecular flexibility index (Phi) is 37.6. The fourth-order valence-electron chi connectivity index (χ4n) is 23.9. The second kappa shape index (κ2) is 41.8. The van der Waals surface area contributed by atoms with Crippen molar-refractivity contribution in [2.24, 2.45) is 121 Å². The number of unbranched alkanes of at least 4 members (excludes halogenated alkanes) is 12. The molecule has 588 valence electrons. The Labute approximate surface area is 630 Å². The van der Waals surface area contributed by atoms with Crippen LogP contribution in [0, 0.1) is 121 Å².